The lowest BCUT2D eigenvalue weighted by atomic mass is 10.2. The standard InChI is InChI=1S/C16H24N2OS/c1-19-10-8-17-13-15-12-14-6-3-4-7-16(14)18(15)9-5-11-20-2/h3-4,6-7,12,17H,5,8-11,13H2,1-2H3. The number of hydrogen-bond donors (Lipinski definition) is 1. The molecule has 1 aromatic carbocycles. The van der Waals surface area contributed by atoms with E-state index in [9.17, 15) is 0 Å². The highest BCUT2D eigenvalue weighted by Gasteiger charge is 2.07. The molecule has 1 N–H and O–H groups in total. The number of nitrogens with zero attached hydrogens (tertiary/aromatic N) is 1. The fraction of sp³-hybridized carbons (Fsp3) is 0.500. The number of aryl methyl sites for hydroxylation is 1. The molecular formula is C16H24N2OS. The highest BCUT2D eigenvalue weighted by atomic mass is 32.2. The quantitative estimate of drug-likeness (QED) is 0.719. The van der Waals surface area contributed by atoms with E-state index in [0.29, 0.717) is 0 Å². The van der Waals surface area contributed by atoms with Crippen molar-refractivity contribution in [3.63, 3.8) is 0 Å². The van der Waals surface area contributed by atoms with E-state index < -0.39 is 0 Å². The van der Waals surface area contributed by atoms with Crippen LogP contribution in [0, 0.1) is 0 Å². The Bertz CT molecular complexity index is 524. The normalized spacial score (nSPS) is 11.3. The first-order chi connectivity index (χ1) is 9.86. The molecule has 110 valence electrons. The minimum absolute atomic E-state index is 0.757. The van der Waals surface area contributed by atoms with Crippen molar-refractivity contribution in [3.8, 4) is 0 Å². The fourth-order valence-electron chi connectivity index (χ4n) is 2.44. The summed E-state index contributed by atoms with van der Waals surface area (Å²) in [4.78, 5) is 0. The Kier molecular flexibility index (Phi) is 6.43. The van der Waals surface area contributed by atoms with Crippen molar-refractivity contribution in [3.05, 3.63) is 36.0 Å². The van der Waals surface area contributed by atoms with Gasteiger partial charge in [-0.15, -0.1) is 0 Å². The molecule has 0 saturated carbocycles. The molecular weight excluding hydrogens is 268 g/mol. The second-order valence-electron chi connectivity index (χ2n) is 4.86. The molecule has 0 unspecified atom stereocenters. The van der Waals surface area contributed by atoms with E-state index in [4.69, 9.17) is 4.74 Å². The predicted octanol–water partition coefficient (Wildman–Crippen LogP) is 3.13. The maximum Gasteiger partial charge on any atom is 0.0587 e. The molecule has 0 fully saturated rings. The Balaban J connectivity index is 2.11. The van der Waals surface area contributed by atoms with Gasteiger partial charge in [0, 0.05) is 38.0 Å². The number of nitrogens with one attached hydrogen (secondary N) is 1. The zero-order chi connectivity index (χ0) is 14.2. The first-order valence-electron chi connectivity index (χ1n) is 7.12. The van der Waals surface area contributed by atoms with Crippen LogP contribution in [0.3, 0.4) is 0 Å². The molecule has 0 aliphatic carbocycles. The number of methoxy groups -OCH3 is 1. The van der Waals surface area contributed by atoms with Crippen molar-refractivity contribution in [2.75, 3.05) is 32.3 Å². The second-order valence-corrected chi connectivity index (χ2v) is 5.85. The number of thioether (sulfide) groups is 1. The van der Waals surface area contributed by atoms with Crippen LogP contribution in [-0.2, 0) is 17.8 Å². The van der Waals surface area contributed by atoms with Gasteiger partial charge < -0.3 is 14.6 Å². The minimum atomic E-state index is 0.757. The largest absolute Gasteiger partial charge is 0.383 e. The van der Waals surface area contributed by atoms with Crippen LogP contribution >= 0.6 is 11.8 Å². The number of fused-ring (bicyclic) bond motifs is 1. The number of para-hydroxylation sites is 1. The van der Waals surface area contributed by atoms with E-state index in [0.717, 1.165) is 26.2 Å². The molecule has 0 amide bonds. The van der Waals surface area contributed by atoms with Crippen LogP contribution in [-0.4, -0.2) is 36.8 Å². The number of ether oxygens (including phenoxy) is 1. The molecule has 4 heteroatoms. The number of rotatable bonds is 9. The van der Waals surface area contributed by atoms with Crippen molar-refractivity contribution in [2.24, 2.45) is 0 Å². The molecule has 0 radical (unpaired) electrons. The smallest absolute Gasteiger partial charge is 0.0587 e. The molecule has 20 heavy (non-hydrogen) atoms. The lowest BCUT2D eigenvalue weighted by Gasteiger charge is -2.11. The molecule has 0 spiro atoms. The molecule has 0 aliphatic rings. The maximum absolute atomic E-state index is 5.08. The summed E-state index contributed by atoms with van der Waals surface area (Å²) in [5, 5.41) is 4.78. The summed E-state index contributed by atoms with van der Waals surface area (Å²) in [6.07, 6.45) is 3.38. The van der Waals surface area contributed by atoms with Crippen molar-refractivity contribution in [1.82, 2.24) is 9.88 Å². The highest BCUT2D eigenvalue weighted by molar-refractivity contribution is 7.98. The second kappa shape index (κ2) is 8.35. The number of hydrogen-bond acceptors (Lipinski definition) is 3. The monoisotopic (exact) mass is 292 g/mol. The Hall–Kier alpha value is -0.970. The van der Waals surface area contributed by atoms with Gasteiger partial charge in [-0.2, -0.15) is 11.8 Å². The van der Waals surface area contributed by atoms with Crippen molar-refractivity contribution in [2.45, 2.75) is 19.5 Å². The Morgan fingerprint density at radius 3 is 2.95 bits per heavy atom. The summed E-state index contributed by atoms with van der Waals surface area (Å²) in [6, 6.07) is 10.9. The van der Waals surface area contributed by atoms with Crippen molar-refractivity contribution in [1.29, 1.82) is 0 Å². The number of aromatic nitrogens is 1. The van der Waals surface area contributed by atoms with Crippen molar-refractivity contribution >= 4 is 22.7 Å². The summed E-state index contributed by atoms with van der Waals surface area (Å²) in [5.74, 6) is 1.21. The van der Waals surface area contributed by atoms with Crippen LogP contribution in [0.5, 0.6) is 0 Å². The molecule has 1 heterocycles. The van der Waals surface area contributed by atoms with E-state index in [1.807, 2.05) is 11.8 Å². The van der Waals surface area contributed by atoms with E-state index >= 15 is 0 Å². The molecule has 1 aromatic heterocycles. The lowest BCUT2D eigenvalue weighted by Crippen LogP contribution is -2.20. The van der Waals surface area contributed by atoms with Gasteiger partial charge in [0.15, 0.2) is 0 Å². The summed E-state index contributed by atoms with van der Waals surface area (Å²) in [5.41, 5.74) is 2.71. The van der Waals surface area contributed by atoms with Gasteiger partial charge in [0.25, 0.3) is 0 Å². The number of benzene rings is 1. The van der Waals surface area contributed by atoms with Crippen LogP contribution in [0.4, 0.5) is 0 Å². The third-order valence-electron chi connectivity index (χ3n) is 3.42. The van der Waals surface area contributed by atoms with Crippen LogP contribution in [0.1, 0.15) is 12.1 Å². The lowest BCUT2D eigenvalue weighted by molar-refractivity contribution is 0.199. The summed E-state index contributed by atoms with van der Waals surface area (Å²) in [6.45, 7) is 3.64. The van der Waals surface area contributed by atoms with Gasteiger partial charge in [-0.1, -0.05) is 18.2 Å². The molecule has 2 aromatic rings. The molecule has 0 aliphatic heterocycles. The SMILES string of the molecule is COCCNCc1cc2ccccc2n1CCCSC. The van der Waals surface area contributed by atoms with Gasteiger partial charge in [0.2, 0.25) is 0 Å². The molecule has 0 bridgehead atoms. The Morgan fingerprint density at radius 1 is 1.30 bits per heavy atom. The van der Waals surface area contributed by atoms with Crippen LogP contribution in [0.15, 0.2) is 30.3 Å². The molecule has 3 nitrogen and oxygen atoms in total. The third kappa shape index (κ3) is 4.01. The summed E-state index contributed by atoms with van der Waals surface area (Å²) >= 11 is 1.91. The topological polar surface area (TPSA) is 26.2 Å². The van der Waals surface area contributed by atoms with E-state index in [1.165, 1.54) is 28.8 Å². The molecule has 0 saturated heterocycles. The average Bonchev–Trinajstić information content (AvgIpc) is 2.82. The average molecular weight is 292 g/mol. The first-order valence-corrected chi connectivity index (χ1v) is 8.52. The highest BCUT2D eigenvalue weighted by Crippen LogP contribution is 2.20. The first kappa shape index (κ1) is 15.4. The Labute approximate surface area is 125 Å². The van der Waals surface area contributed by atoms with Crippen LogP contribution < -0.4 is 5.32 Å². The van der Waals surface area contributed by atoms with Crippen LogP contribution in [0.2, 0.25) is 0 Å². The van der Waals surface area contributed by atoms with E-state index in [2.05, 4.69) is 46.5 Å². The Morgan fingerprint density at radius 2 is 2.15 bits per heavy atom. The van der Waals surface area contributed by atoms with E-state index in [-0.39, 0.29) is 0 Å². The molecule has 0 atom stereocenters. The van der Waals surface area contributed by atoms with E-state index in [1.54, 1.807) is 7.11 Å². The van der Waals surface area contributed by atoms with Crippen molar-refractivity contribution < 1.29 is 4.74 Å². The summed E-state index contributed by atoms with van der Waals surface area (Å²) in [7, 11) is 1.74. The van der Waals surface area contributed by atoms with Gasteiger partial charge in [-0.05, 0) is 35.9 Å². The third-order valence-corrected chi connectivity index (χ3v) is 4.11. The zero-order valence-corrected chi connectivity index (χ0v) is 13.2. The molecule has 2 rings (SSSR count). The van der Waals surface area contributed by atoms with Gasteiger partial charge in [-0.25, -0.2) is 0 Å². The zero-order valence-electron chi connectivity index (χ0n) is 12.4. The predicted molar refractivity (Wildman–Crippen MR) is 88.5 cm³/mol. The van der Waals surface area contributed by atoms with Gasteiger partial charge in [0.05, 0.1) is 6.61 Å². The fourth-order valence-corrected chi connectivity index (χ4v) is 2.85. The minimum Gasteiger partial charge on any atom is -0.383 e. The van der Waals surface area contributed by atoms with Gasteiger partial charge in [0.1, 0.15) is 0 Å². The maximum atomic E-state index is 5.08. The summed E-state index contributed by atoms with van der Waals surface area (Å²) < 4.78 is 7.53. The van der Waals surface area contributed by atoms with Gasteiger partial charge >= 0.3 is 0 Å². The van der Waals surface area contributed by atoms with Gasteiger partial charge in [-0.3, -0.25) is 0 Å². The van der Waals surface area contributed by atoms with Crippen LogP contribution in [0.25, 0.3) is 10.9 Å².